The number of hydrogen-bond donors (Lipinski definition) is 2. The normalized spacial score (nSPS) is 20.2. The number of benzene rings is 1. The lowest BCUT2D eigenvalue weighted by Gasteiger charge is -2.35. The van der Waals surface area contributed by atoms with Gasteiger partial charge >= 0.3 is 0 Å². The van der Waals surface area contributed by atoms with Crippen LogP contribution in [0.15, 0.2) is 23.2 Å². The highest BCUT2D eigenvalue weighted by atomic mass is 127. The number of aliphatic imine (C=N–C) groups is 1. The molecule has 1 atom stereocenters. The summed E-state index contributed by atoms with van der Waals surface area (Å²) in [6, 6.07) is 5.56. The highest BCUT2D eigenvalue weighted by Gasteiger charge is 2.23. The topological polar surface area (TPSA) is 48.9 Å². The van der Waals surface area contributed by atoms with Crippen LogP contribution in [0.25, 0.3) is 0 Å². The van der Waals surface area contributed by atoms with E-state index in [9.17, 15) is 4.39 Å². The molecule has 1 unspecified atom stereocenters. The molecule has 0 radical (unpaired) electrons. The van der Waals surface area contributed by atoms with Crippen molar-refractivity contribution in [3.63, 3.8) is 0 Å². The van der Waals surface area contributed by atoms with Gasteiger partial charge in [0.25, 0.3) is 0 Å². The highest BCUT2D eigenvalue weighted by molar-refractivity contribution is 14.0. The molecule has 1 aliphatic carbocycles. The van der Waals surface area contributed by atoms with Gasteiger partial charge in [-0.2, -0.15) is 0 Å². The number of guanidine groups is 1. The minimum absolute atomic E-state index is 0. The Morgan fingerprint density at radius 1 is 1.33 bits per heavy atom. The molecule has 0 spiro atoms. The molecule has 7 heteroatoms. The summed E-state index contributed by atoms with van der Waals surface area (Å²) < 4.78 is 19.8. The highest BCUT2D eigenvalue weighted by Crippen LogP contribution is 2.28. The predicted octanol–water partition coefficient (Wildman–Crippen LogP) is 3.31. The second kappa shape index (κ2) is 11.0. The van der Waals surface area contributed by atoms with Crippen molar-refractivity contribution in [3.05, 3.63) is 29.6 Å². The molecule has 0 aromatic heterocycles. The Bertz CT molecular complexity index is 624. The van der Waals surface area contributed by atoms with Crippen LogP contribution >= 0.6 is 24.0 Å². The van der Waals surface area contributed by atoms with Gasteiger partial charge in [0, 0.05) is 39.3 Å². The second-order valence-corrected chi connectivity index (χ2v) is 7.40. The number of nitrogens with one attached hydrogen (secondary N) is 2. The van der Waals surface area contributed by atoms with Crippen molar-refractivity contribution in [2.24, 2.45) is 10.9 Å². The van der Waals surface area contributed by atoms with Gasteiger partial charge in [-0.25, -0.2) is 4.39 Å². The fourth-order valence-electron chi connectivity index (χ4n) is 3.34. The van der Waals surface area contributed by atoms with Crippen LogP contribution in [-0.2, 0) is 4.74 Å². The smallest absolute Gasteiger partial charge is 0.191 e. The number of hydrogen-bond acceptors (Lipinski definition) is 3. The van der Waals surface area contributed by atoms with Crippen molar-refractivity contribution in [3.8, 4) is 0 Å². The van der Waals surface area contributed by atoms with Crippen LogP contribution in [-0.4, -0.2) is 51.9 Å². The summed E-state index contributed by atoms with van der Waals surface area (Å²) in [4.78, 5) is 6.44. The first-order chi connectivity index (χ1) is 12.7. The van der Waals surface area contributed by atoms with Crippen LogP contribution in [0.1, 0.15) is 31.2 Å². The van der Waals surface area contributed by atoms with Gasteiger partial charge in [0.2, 0.25) is 0 Å². The zero-order chi connectivity index (χ0) is 18.4. The molecule has 1 aromatic rings. The molecular formula is C20H32FIN4O. The van der Waals surface area contributed by atoms with Crippen LogP contribution in [0, 0.1) is 18.7 Å². The zero-order valence-electron chi connectivity index (χ0n) is 16.3. The first kappa shape index (κ1) is 22.2. The molecule has 27 heavy (non-hydrogen) atoms. The zero-order valence-corrected chi connectivity index (χ0v) is 18.7. The fourth-order valence-corrected chi connectivity index (χ4v) is 3.34. The molecule has 1 heterocycles. The van der Waals surface area contributed by atoms with Crippen LogP contribution < -0.4 is 15.5 Å². The Morgan fingerprint density at radius 2 is 2.15 bits per heavy atom. The summed E-state index contributed by atoms with van der Waals surface area (Å²) in [5.41, 5.74) is 1.79. The summed E-state index contributed by atoms with van der Waals surface area (Å²) in [5.74, 6) is 1.44. The minimum Gasteiger partial charge on any atom is -0.379 e. The maximum atomic E-state index is 14.2. The van der Waals surface area contributed by atoms with Crippen LogP contribution in [0.2, 0.25) is 0 Å². The second-order valence-electron chi connectivity index (χ2n) is 7.40. The number of piperidine rings is 1. The van der Waals surface area contributed by atoms with Crippen molar-refractivity contribution in [2.75, 3.05) is 44.8 Å². The van der Waals surface area contributed by atoms with E-state index < -0.39 is 0 Å². The molecule has 3 rings (SSSR count). The van der Waals surface area contributed by atoms with E-state index in [1.54, 1.807) is 13.1 Å². The number of ether oxygens (including phenoxy) is 1. The van der Waals surface area contributed by atoms with Crippen LogP contribution in [0.5, 0.6) is 0 Å². The van der Waals surface area contributed by atoms with E-state index in [-0.39, 0.29) is 35.8 Å². The third-order valence-electron chi connectivity index (χ3n) is 5.02. The van der Waals surface area contributed by atoms with Gasteiger partial charge < -0.3 is 20.3 Å². The Balaban J connectivity index is 0.00000261. The molecule has 0 amide bonds. The Morgan fingerprint density at radius 3 is 2.89 bits per heavy atom. The number of rotatable bonds is 7. The molecule has 1 aromatic carbocycles. The fraction of sp³-hybridized carbons (Fsp3) is 0.650. The van der Waals surface area contributed by atoms with Gasteiger partial charge in [0.05, 0.1) is 12.3 Å². The standard InChI is InChI=1S/C20H31FN4O.HI/c1-15-5-8-18(21)19(12-15)25-10-3-4-17(13-25)24-20(22-2)23-9-11-26-14-16-6-7-16;/h5,8,12,16-17H,3-4,6-7,9-11,13-14H2,1-2H3,(H2,22,23,24);1H. The summed E-state index contributed by atoms with van der Waals surface area (Å²) in [7, 11) is 1.78. The van der Waals surface area contributed by atoms with Crippen LogP contribution in [0.4, 0.5) is 10.1 Å². The lowest BCUT2D eigenvalue weighted by molar-refractivity contribution is 0.129. The third kappa shape index (κ3) is 7.10. The number of aryl methyl sites for hydroxylation is 1. The van der Waals surface area contributed by atoms with Gasteiger partial charge in [-0.15, -0.1) is 24.0 Å². The van der Waals surface area contributed by atoms with E-state index in [0.29, 0.717) is 12.3 Å². The predicted molar refractivity (Wildman–Crippen MR) is 120 cm³/mol. The van der Waals surface area contributed by atoms with Crippen LogP contribution in [0.3, 0.4) is 0 Å². The van der Waals surface area contributed by atoms with Gasteiger partial charge in [0.15, 0.2) is 5.96 Å². The minimum atomic E-state index is -0.147. The summed E-state index contributed by atoms with van der Waals surface area (Å²) in [5, 5.41) is 6.78. The molecule has 5 nitrogen and oxygen atoms in total. The van der Waals surface area contributed by atoms with E-state index in [0.717, 1.165) is 56.5 Å². The van der Waals surface area contributed by atoms with E-state index in [1.165, 1.54) is 12.8 Å². The first-order valence-electron chi connectivity index (χ1n) is 9.71. The molecule has 1 saturated carbocycles. The molecule has 0 bridgehead atoms. The first-order valence-corrected chi connectivity index (χ1v) is 9.71. The Hall–Kier alpha value is -1.09. The summed E-state index contributed by atoms with van der Waals surface area (Å²) >= 11 is 0. The number of halogens is 2. The Kier molecular flexibility index (Phi) is 9.08. The van der Waals surface area contributed by atoms with Gasteiger partial charge in [-0.05, 0) is 56.2 Å². The van der Waals surface area contributed by atoms with E-state index in [2.05, 4.69) is 20.5 Å². The monoisotopic (exact) mass is 490 g/mol. The van der Waals surface area contributed by atoms with Gasteiger partial charge in [0.1, 0.15) is 5.82 Å². The maximum absolute atomic E-state index is 14.2. The number of nitrogens with zero attached hydrogens (tertiary/aromatic N) is 2. The lowest BCUT2D eigenvalue weighted by atomic mass is 10.0. The van der Waals surface area contributed by atoms with Crippen molar-refractivity contribution >= 4 is 35.6 Å². The molecule has 2 N–H and O–H groups in total. The molecule has 2 aliphatic rings. The number of anilines is 1. The van der Waals surface area contributed by atoms with Gasteiger partial charge in [-0.3, -0.25) is 4.99 Å². The van der Waals surface area contributed by atoms with Crippen molar-refractivity contribution in [1.82, 2.24) is 10.6 Å². The van der Waals surface area contributed by atoms with Crippen molar-refractivity contribution < 1.29 is 9.13 Å². The average Bonchev–Trinajstić information content (AvgIpc) is 3.47. The molecular weight excluding hydrogens is 458 g/mol. The molecule has 1 saturated heterocycles. The molecule has 1 aliphatic heterocycles. The maximum Gasteiger partial charge on any atom is 0.191 e. The van der Waals surface area contributed by atoms with Crippen molar-refractivity contribution in [2.45, 2.75) is 38.6 Å². The average molecular weight is 490 g/mol. The quantitative estimate of drug-likeness (QED) is 0.267. The molecule has 152 valence electrons. The SMILES string of the molecule is CN=C(NCCOCC1CC1)NC1CCCN(c2cc(C)ccc2F)C1.I. The van der Waals surface area contributed by atoms with Gasteiger partial charge in [-0.1, -0.05) is 6.07 Å². The molecule has 2 fully saturated rings. The van der Waals surface area contributed by atoms with E-state index >= 15 is 0 Å². The van der Waals surface area contributed by atoms with Crippen molar-refractivity contribution in [1.29, 1.82) is 0 Å². The third-order valence-corrected chi connectivity index (χ3v) is 5.02. The lowest BCUT2D eigenvalue weighted by Crippen LogP contribution is -2.51. The summed E-state index contributed by atoms with van der Waals surface area (Å²) in [6.45, 7) is 5.99. The van der Waals surface area contributed by atoms with E-state index in [4.69, 9.17) is 4.74 Å². The summed E-state index contributed by atoms with van der Waals surface area (Å²) in [6.07, 6.45) is 4.72. The Labute approximate surface area is 179 Å². The largest absolute Gasteiger partial charge is 0.379 e. The van der Waals surface area contributed by atoms with E-state index in [1.807, 2.05) is 19.1 Å².